The van der Waals surface area contributed by atoms with Crippen molar-refractivity contribution in [2.45, 2.75) is 31.3 Å². The largest absolute Gasteiger partial charge is 0.416 e. The highest BCUT2D eigenvalue weighted by Crippen LogP contribution is 2.41. The van der Waals surface area contributed by atoms with Crippen molar-refractivity contribution in [1.82, 2.24) is 15.1 Å². The molecule has 1 aliphatic rings. The third-order valence-corrected chi connectivity index (χ3v) is 6.17. The number of nitrogens with zero attached hydrogens (tertiary/aromatic N) is 3. The number of amides is 1. The van der Waals surface area contributed by atoms with Crippen LogP contribution < -0.4 is 0 Å². The van der Waals surface area contributed by atoms with Crippen molar-refractivity contribution in [2.24, 2.45) is 0 Å². The van der Waals surface area contributed by atoms with Crippen LogP contribution >= 0.6 is 0 Å². The number of hydrogen-bond donors (Lipinski definition) is 1. The quantitative estimate of drug-likeness (QED) is 0.313. The van der Waals surface area contributed by atoms with Crippen molar-refractivity contribution in [2.75, 3.05) is 0 Å². The minimum absolute atomic E-state index is 0.0656. The minimum atomic E-state index is -4.54. The molecule has 0 radical (unpaired) electrons. The third-order valence-electron chi connectivity index (χ3n) is 6.17. The Morgan fingerprint density at radius 3 is 2.24 bits per heavy atom. The number of fused-ring (bicyclic) bond motifs is 1. The Kier molecular flexibility index (Phi) is 6.24. The topological polar surface area (TPSA) is 79.5 Å². The summed E-state index contributed by atoms with van der Waals surface area (Å²) in [5.41, 5.74) is 0.994. The lowest BCUT2D eigenvalue weighted by atomic mass is 9.93. The second-order valence-corrected chi connectivity index (χ2v) is 8.47. The Balaban J connectivity index is 1.51. The number of carbonyl (C=O) groups is 1. The maximum atomic E-state index is 13.5. The first-order chi connectivity index (χ1) is 17.6. The molecule has 0 saturated carbocycles. The summed E-state index contributed by atoms with van der Waals surface area (Å²) < 4.78 is 70.1. The number of hydrogen-bond acceptors (Lipinski definition) is 5. The van der Waals surface area contributed by atoms with Gasteiger partial charge in [0.15, 0.2) is 0 Å². The maximum absolute atomic E-state index is 13.5. The average Bonchev–Trinajstić information content (AvgIpc) is 3.50. The van der Waals surface area contributed by atoms with Crippen LogP contribution in [-0.4, -0.2) is 26.1 Å². The van der Waals surface area contributed by atoms with Crippen LogP contribution in [0, 0.1) is 0 Å². The minimum Gasteiger partial charge on any atom is -0.415 e. The first kappa shape index (κ1) is 24.6. The number of aromatic nitrogens is 2. The summed E-state index contributed by atoms with van der Waals surface area (Å²) in [7, 11) is 0. The molecule has 2 atom stereocenters. The molecule has 1 unspecified atom stereocenters. The fourth-order valence-electron chi connectivity index (χ4n) is 4.36. The first-order valence-electron chi connectivity index (χ1n) is 11.1. The van der Waals surface area contributed by atoms with Crippen LogP contribution in [0.2, 0.25) is 0 Å². The van der Waals surface area contributed by atoms with Crippen LogP contribution in [0.4, 0.5) is 22.0 Å². The first-order valence-corrected chi connectivity index (χ1v) is 11.1. The summed E-state index contributed by atoms with van der Waals surface area (Å²) in [6.07, 6.45) is -8.74. The molecule has 2 heterocycles. The molecule has 1 amide bonds. The molecular weight excluding hydrogens is 497 g/mol. The Bertz CT molecular complexity index is 1420. The maximum Gasteiger partial charge on any atom is 0.416 e. The van der Waals surface area contributed by atoms with Gasteiger partial charge in [-0.05, 0) is 41.0 Å². The van der Waals surface area contributed by atoms with Crippen molar-refractivity contribution in [3.05, 3.63) is 107 Å². The Hall–Kier alpha value is -4.12. The molecule has 11 heteroatoms. The van der Waals surface area contributed by atoms with E-state index in [1.807, 2.05) is 0 Å². The lowest BCUT2D eigenvalue weighted by Gasteiger charge is -2.32. The molecule has 1 N–H and O–H groups in total. The number of aliphatic hydroxyl groups excluding tert-OH is 1. The van der Waals surface area contributed by atoms with E-state index in [9.17, 15) is 31.9 Å². The highest BCUT2D eigenvalue weighted by molar-refractivity contribution is 5.99. The van der Waals surface area contributed by atoms with E-state index >= 15 is 0 Å². The molecule has 0 aliphatic carbocycles. The van der Waals surface area contributed by atoms with Gasteiger partial charge < -0.3 is 14.4 Å². The Labute approximate surface area is 207 Å². The molecule has 0 bridgehead atoms. The van der Waals surface area contributed by atoms with Crippen LogP contribution in [0.1, 0.15) is 57.1 Å². The predicted molar refractivity (Wildman–Crippen MR) is 120 cm³/mol. The third kappa shape index (κ3) is 4.69. The van der Waals surface area contributed by atoms with Gasteiger partial charge >= 0.3 is 12.6 Å². The number of halogens is 5. The van der Waals surface area contributed by atoms with E-state index in [1.165, 1.54) is 23.1 Å². The molecule has 1 aliphatic heterocycles. The van der Waals surface area contributed by atoms with Gasteiger partial charge in [-0.2, -0.15) is 22.0 Å². The number of rotatable bonds is 6. The number of carbonyl (C=O) groups excluding carboxylic acids is 1. The number of alkyl halides is 5. The van der Waals surface area contributed by atoms with Gasteiger partial charge in [-0.3, -0.25) is 4.79 Å². The van der Waals surface area contributed by atoms with E-state index in [0.717, 1.165) is 12.1 Å². The van der Waals surface area contributed by atoms with Gasteiger partial charge in [-0.15, -0.1) is 10.2 Å². The van der Waals surface area contributed by atoms with Crippen molar-refractivity contribution >= 4 is 5.91 Å². The predicted octanol–water partition coefficient (Wildman–Crippen LogP) is 6.12. The highest BCUT2D eigenvalue weighted by atomic mass is 19.4. The molecule has 37 heavy (non-hydrogen) atoms. The van der Waals surface area contributed by atoms with E-state index in [-0.39, 0.29) is 23.6 Å². The van der Waals surface area contributed by atoms with Gasteiger partial charge in [0.2, 0.25) is 5.89 Å². The smallest absolute Gasteiger partial charge is 0.415 e. The molecule has 0 saturated heterocycles. The van der Waals surface area contributed by atoms with Crippen LogP contribution in [0.5, 0.6) is 0 Å². The monoisotopic (exact) mass is 515 g/mol. The fraction of sp³-hybridized carbons (Fsp3) is 0.192. The standard InChI is InChI=1S/C26H18F5N3O3/c27-22(28)24-33-32-23(37-24)16-6-7-17-13-34(25(36)19(17)12-16)20(21(35)15-4-2-1-3-5-15)14-8-10-18(11-9-14)26(29,30)31/h1-12,20-22,35H,13H2/t20-,21?/m1/s1. The van der Waals surface area contributed by atoms with Gasteiger partial charge in [0, 0.05) is 17.7 Å². The van der Waals surface area contributed by atoms with Crippen LogP contribution in [0.15, 0.2) is 77.2 Å². The molecule has 1 aromatic heterocycles. The molecular formula is C26H18F5N3O3. The molecule has 0 fully saturated rings. The second-order valence-electron chi connectivity index (χ2n) is 8.47. The highest BCUT2D eigenvalue weighted by Gasteiger charge is 2.39. The van der Waals surface area contributed by atoms with E-state index in [4.69, 9.17) is 4.42 Å². The van der Waals surface area contributed by atoms with Gasteiger partial charge in [-0.25, -0.2) is 0 Å². The molecule has 6 nitrogen and oxygen atoms in total. The normalized spacial score (nSPS) is 15.2. The summed E-state index contributed by atoms with van der Waals surface area (Å²) in [4.78, 5) is 14.9. The summed E-state index contributed by atoms with van der Waals surface area (Å²) in [5, 5.41) is 18.2. The summed E-state index contributed by atoms with van der Waals surface area (Å²) in [6.45, 7) is 0.0656. The zero-order chi connectivity index (χ0) is 26.3. The Morgan fingerprint density at radius 1 is 0.919 bits per heavy atom. The number of benzene rings is 3. The molecule has 5 rings (SSSR count). The van der Waals surface area contributed by atoms with Gasteiger partial charge in [0.25, 0.3) is 11.8 Å². The molecule has 4 aromatic rings. The van der Waals surface area contributed by atoms with Gasteiger partial charge in [-0.1, -0.05) is 48.5 Å². The Morgan fingerprint density at radius 2 is 1.62 bits per heavy atom. The average molecular weight is 515 g/mol. The van der Waals surface area contributed by atoms with Gasteiger partial charge in [0.1, 0.15) is 6.10 Å². The van der Waals surface area contributed by atoms with Crippen LogP contribution in [-0.2, 0) is 12.7 Å². The SMILES string of the molecule is O=C1c2cc(-c3nnc(C(F)F)o3)ccc2CN1[C@H](c1ccc(C(F)(F)F)cc1)C(O)c1ccccc1. The van der Waals surface area contributed by atoms with Crippen LogP contribution in [0.3, 0.4) is 0 Å². The molecule has 3 aromatic carbocycles. The number of aliphatic hydroxyl groups is 1. The molecule has 190 valence electrons. The van der Waals surface area contributed by atoms with Crippen molar-refractivity contribution in [3.8, 4) is 11.5 Å². The summed E-state index contributed by atoms with van der Waals surface area (Å²) >= 11 is 0. The lowest BCUT2D eigenvalue weighted by molar-refractivity contribution is -0.137. The van der Waals surface area contributed by atoms with Crippen molar-refractivity contribution < 1.29 is 36.3 Å². The van der Waals surface area contributed by atoms with E-state index in [2.05, 4.69) is 10.2 Å². The van der Waals surface area contributed by atoms with E-state index in [0.29, 0.717) is 16.7 Å². The summed E-state index contributed by atoms with van der Waals surface area (Å²) in [6, 6.07) is 16.3. The molecule has 0 spiro atoms. The zero-order valence-electron chi connectivity index (χ0n) is 18.9. The van der Waals surface area contributed by atoms with Gasteiger partial charge in [0.05, 0.1) is 11.6 Å². The van der Waals surface area contributed by atoms with Crippen molar-refractivity contribution in [3.63, 3.8) is 0 Å². The fourth-order valence-corrected chi connectivity index (χ4v) is 4.36. The lowest BCUT2D eigenvalue weighted by Crippen LogP contribution is -2.33. The van der Waals surface area contributed by atoms with E-state index < -0.39 is 42.1 Å². The van der Waals surface area contributed by atoms with Crippen molar-refractivity contribution in [1.29, 1.82) is 0 Å². The summed E-state index contributed by atoms with van der Waals surface area (Å²) in [5.74, 6) is -1.53. The zero-order valence-corrected chi connectivity index (χ0v) is 18.9. The second kappa shape index (κ2) is 9.40. The van der Waals surface area contributed by atoms with Crippen LogP contribution in [0.25, 0.3) is 11.5 Å². The van der Waals surface area contributed by atoms with E-state index in [1.54, 1.807) is 42.5 Å².